The van der Waals surface area contributed by atoms with Gasteiger partial charge >= 0.3 is 11.9 Å². The average molecular weight is 449 g/mol. The van der Waals surface area contributed by atoms with Crippen molar-refractivity contribution in [1.82, 2.24) is 16.0 Å². The highest BCUT2D eigenvalue weighted by molar-refractivity contribution is 7.98. The largest absolute Gasteiger partial charge is 0.481 e. The molecule has 7 N–H and O–H groups in total. The first kappa shape index (κ1) is 27.7. The molecule has 11 nitrogen and oxygen atoms in total. The predicted molar refractivity (Wildman–Crippen MR) is 112 cm³/mol. The Balaban J connectivity index is 4.81. The van der Waals surface area contributed by atoms with Gasteiger partial charge in [-0.25, -0.2) is 4.79 Å². The molecule has 3 amide bonds. The van der Waals surface area contributed by atoms with Gasteiger partial charge in [-0.05, 0) is 37.2 Å². The Bertz CT molecular complexity index is 615. The van der Waals surface area contributed by atoms with Gasteiger partial charge in [-0.15, -0.1) is 0 Å². The molecule has 0 radical (unpaired) electrons. The number of rotatable bonds is 15. The van der Waals surface area contributed by atoms with Crippen LogP contribution in [0.25, 0.3) is 0 Å². The van der Waals surface area contributed by atoms with Crippen LogP contribution in [0, 0.1) is 5.92 Å². The average Bonchev–Trinajstić information content (AvgIpc) is 2.65. The SMILES string of the molecule is CSCCC(NC(=O)C(CC(C)C)NC(=O)CNC(=O)C(N)CCC(=O)O)C(=O)O. The molecular formula is C18H32N4O7S. The lowest BCUT2D eigenvalue weighted by molar-refractivity contribution is -0.142. The zero-order valence-corrected chi connectivity index (χ0v) is 18.3. The number of carbonyl (C=O) groups excluding carboxylic acids is 3. The van der Waals surface area contributed by atoms with Crippen molar-refractivity contribution in [1.29, 1.82) is 0 Å². The topological polar surface area (TPSA) is 188 Å². The fourth-order valence-electron chi connectivity index (χ4n) is 2.42. The second kappa shape index (κ2) is 14.6. The van der Waals surface area contributed by atoms with Crippen LogP contribution in [-0.4, -0.2) is 76.6 Å². The molecule has 0 aliphatic heterocycles. The maximum atomic E-state index is 12.5. The lowest BCUT2D eigenvalue weighted by Crippen LogP contribution is -2.54. The molecule has 0 saturated carbocycles. The molecule has 30 heavy (non-hydrogen) atoms. The summed E-state index contributed by atoms with van der Waals surface area (Å²) in [7, 11) is 0. The highest BCUT2D eigenvalue weighted by atomic mass is 32.2. The fraction of sp³-hybridized carbons (Fsp3) is 0.722. The quantitative estimate of drug-likeness (QED) is 0.185. The third-order valence-corrected chi connectivity index (χ3v) is 4.66. The monoisotopic (exact) mass is 448 g/mol. The molecule has 0 aromatic rings. The highest BCUT2D eigenvalue weighted by Gasteiger charge is 2.27. The van der Waals surface area contributed by atoms with Crippen molar-refractivity contribution in [2.75, 3.05) is 18.6 Å². The lowest BCUT2D eigenvalue weighted by atomic mass is 10.0. The molecule has 0 heterocycles. The van der Waals surface area contributed by atoms with E-state index in [-0.39, 0.29) is 31.6 Å². The fourth-order valence-corrected chi connectivity index (χ4v) is 2.89. The van der Waals surface area contributed by atoms with Crippen molar-refractivity contribution in [3.63, 3.8) is 0 Å². The minimum atomic E-state index is -1.16. The van der Waals surface area contributed by atoms with Crippen LogP contribution in [0.3, 0.4) is 0 Å². The molecule has 0 aliphatic carbocycles. The van der Waals surface area contributed by atoms with Gasteiger partial charge in [0.2, 0.25) is 17.7 Å². The summed E-state index contributed by atoms with van der Waals surface area (Å²) in [6, 6.07) is -3.11. The van der Waals surface area contributed by atoms with Crippen LogP contribution in [-0.2, 0) is 24.0 Å². The number of hydrogen-bond acceptors (Lipinski definition) is 7. The summed E-state index contributed by atoms with van der Waals surface area (Å²) < 4.78 is 0. The first-order valence-electron chi connectivity index (χ1n) is 9.54. The molecule has 0 aromatic carbocycles. The van der Waals surface area contributed by atoms with Crippen LogP contribution in [0.4, 0.5) is 0 Å². The Kier molecular flexibility index (Phi) is 13.5. The number of aliphatic carboxylic acids is 2. The van der Waals surface area contributed by atoms with E-state index in [4.69, 9.17) is 10.8 Å². The number of hydrogen-bond donors (Lipinski definition) is 6. The first-order chi connectivity index (χ1) is 14.0. The molecule has 172 valence electrons. The zero-order chi connectivity index (χ0) is 23.3. The molecule has 12 heteroatoms. The van der Waals surface area contributed by atoms with Gasteiger partial charge in [-0.3, -0.25) is 19.2 Å². The number of carboxylic acids is 2. The van der Waals surface area contributed by atoms with Crippen molar-refractivity contribution in [3.05, 3.63) is 0 Å². The van der Waals surface area contributed by atoms with Crippen molar-refractivity contribution >= 4 is 41.4 Å². The Morgan fingerprint density at radius 2 is 1.60 bits per heavy atom. The number of carboxylic acid groups (broad SMARTS) is 2. The van der Waals surface area contributed by atoms with Crippen LogP contribution in [0.2, 0.25) is 0 Å². The normalized spacial score (nSPS) is 13.8. The van der Waals surface area contributed by atoms with E-state index >= 15 is 0 Å². The Morgan fingerprint density at radius 1 is 0.967 bits per heavy atom. The second-order valence-electron chi connectivity index (χ2n) is 7.19. The minimum Gasteiger partial charge on any atom is -0.481 e. The van der Waals surface area contributed by atoms with E-state index in [0.29, 0.717) is 5.75 Å². The number of nitrogens with two attached hydrogens (primary N) is 1. The van der Waals surface area contributed by atoms with Gasteiger partial charge in [0.05, 0.1) is 12.6 Å². The summed E-state index contributed by atoms with van der Waals surface area (Å²) in [5, 5.41) is 25.1. The summed E-state index contributed by atoms with van der Waals surface area (Å²) >= 11 is 1.45. The third kappa shape index (κ3) is 12.3. The number of thioether (sulfide) groups is 1. The molecular weight excluding hydrogens is 416 g/mol. The predicted octanol–water partition coefficient (Wildman–Crippen LogP) is -0.852. The van der Waals surface area contributed by atoms with Gasteiger partial charge < -0.3 is 31.9 Å². The smallest absolute Gasteiger partial charge is 0.326 e. The van der Waals surface area contributed by atoms with Gasteiger partial charge in [-0.1, -0.05) is 13.8 Å². The maximum absolute atomic E-state index is 12.5. The van der Waals surface area contributed by atoms with Gasteiger partial charge in [0.25, 0.3) is 0 Å². The number of carbonyl (C=O) groups is 5. The number of amides is 3. The van der Waals surface area contributed by atoms with Crippen molar-refractivity contribution in [2.45, 2.75) is 57.7 Å². The van der Waals surface area contributed by atoms with Crippen LogP contribution < -0.4 is 21.7 Å². The lowest BCUT2D eigenvalue weighted by Gasteiger charge is -2.23. The Labute approximate surface area is 179 Å². The first-order valence-corrected chi connectivity index (χ1v) is 10.9. The maximum Gasteiger partial charge on any atom is 0.326 e. The van der Waals surface area contributed by atoms with E-state index in [2.05, 4.69) is 16.0 Å². The summed E-state index contributed by atoms with van der Waals surface area (Å²) in [5.74, 6) is -3.60. The molecule has 0 aromatic heterocycles. The molecule has 0 saturated heterocycles. The summed E-state index contributed by atoms with van der Waals surface area (Å²) in [6.07, 6.45) is 1.99. The van der Waals surface area contributed by atoms with Crippen molar-refractivity contribution in [3.8, 4) is 0 Å². The van der Waals surface area contributed by atoms with Gasteiger partial charge in [0.15, 0.2) is 0 Å². The summed E-state index contributed by atoms with van der Waals surface area (Å²) in [6.45, 7) is 3.24. The molecule has 0 spiro atoms. The van der Waals surface area contributed by atoms with Gasteiger partial charge in [0.1, 0.15) is 12.1 Å². The van der Waals surface area contributed by atoms with Crippen LogP contribution >= 0.6 is 11.8 Å². The van der Waals surface area contributed by atoms with E-state index in [1.54, 1.807) is 0 Å². The second-order valence-corrected chi connectivity index (χ2v) is 8.17. The molecule has 0 bridgehead atoms. The zero-order valence-electron chi connectivity index (χ0n) is 17.5. The Morgan fingerprint density at radius 3 is 2.10 bits per heavy atom. The van der Waals surface area contributed by atoms with Crippen molar-refractivity contribution in [2.24, 2.45) is 11.7 Å². The molecule has 0 fully saturated rings. The third-order valence-electron chi connectivity index (χ3n) is 4.01. The minimum absolute atomic E-state index is 0.0366. The summed E-state index contributed by atoms with van der Waals surface area (Å²) in [5.41, 5.74) is 5.56. The standard InChI is InChI=1S/C18H32N4O7S/c1-10(2)8-13(17(27)22-12(18(28)29)6-7-30-3)21-14(23)9-20-16(26)11(19)4-5-15(24)25/h10-13H,4-9,19H2,1-3H3,(H,20,26)(H,21,23)(H,22,27)(H,24,25)(H,28,29). The summed E-state index contributed by atoms with van der Waals surface area (Å²) in [4.78, 5) is 58.4. The van der Waals surface area contributed by atoms with Gasteiger partial charge in [0, 0.05) is 6.42 Å². The Hall–Kier alpha value is -2.34. The van der Waals surface area contributed by atoms with Crippen LogP contribution in [0.15, 0.2) is 0 Å². The van der Waals surface area contributed by atoms with E-state index in [1.807, 2.05) is 20.1 Å². The number of nitrogens with one attached hydrogen (secondary N) is 3. The van der Waals surface area contributed by atoms with E-state index in [9.17, 15) is 29.1 Å². The van der Waals surface area contributed by atoms with E-state index in [0.717, 1.165) is 0 Å². The van der Waals surface area contributed by atoms with Gasteiger partial charge in [-0.2, -0.15) is 11.8 Å². The molecule has 3 unspecified atom stereocenters. The van der Waals surface area contributed by atoms with Crippen LogP contribution in [0.5, 0.6) is 0 Å². The van der Waals surface area contributed by atoms with Crippen molar-refractivity contribution < 1.29 is 34.2 Å². The molecule has 0 rings (SSSR count). The molecule has 0 aliphatic rings. The highest BCUT2D eigenvalue weighted by Crippen LogP contribution is 2.07. The van der Waals surface area contributed by atoms with Crippen LogP contribution in [0.1, 0.15) is 39.5 Å². The molecule has 3 atom stereocenters. The van der Waals surface area contributed by atoms with E-state index < -0.39 is 54.3 Å². The van der Waals surface area contributed by atoms with E-state index in [1.165, 1.54) is 11.8 Å².